The first-order valence-corrected chi connectivity index (χ1v) is 11.2. The van der Waals surface area contributed by atoms with Gasteiger partial charge < -0.3 is 9.67 Å². The highest BCUT2D eigenvalue weighted by Gasteiger charge is 2.27. The largest absolute Gasteiger partial charge is 0.478 e. The molecule has 1 aliphatic rings. The summed E-state index contributed by atoms with van der Waals surface area (Å²) >= 11 is 1.53. The summed E-state index contributed by atoms with van der Waals surface area (Å²) in [5.41, 5.74) is 6.05. The maximum absolute atomic E-state index is 12.3. The van der Waals surface area contributed by atoms with Crippen LogP contribution in [0.25, 0.3) is 5.00 Å². The lowest BCUT2D eigenvalue weighted by Gasteiger charge is -2.11. The molecule has 170 valence electrons. The minimum Gasteiger partial charge on any atom is -0.478 e. The van der Waals surface area contributed by atoms with Gasteiger partial charge in [-0.15, -0.1) is 11.3 Å². The number of thiophene rings is 1. The Morgan fingerprint density at radius 3 is 2.73 bits per heavy atom. The normalized spacial score (nSPS) is 13.2. The standard InChI is InChI=1S/C23H22N4O5S/c1-13-10-16(12-24-25-21(28)15-6-5-7-17(11-15)27(31)32)14(2)26(13)22-20(23(29)30)18-8-3-4-9-19(18)33-22/h5-7,10-12H,3-4,8-9H2,1-2H3,(H,25,28)(H,29,30). The van der Waals surface area contributed by atoms with E-state index in [0.29, 0.717) is 10.6 Å². The molecule has 0 spiro atoms. The predicted octanol–water partition coefficient (Wildman–Crippen LogP) is 4.40. The first-order chi connectivity index (χ1) is 15.8. The van der Waals surface area contributed by atoms with Crippen LogP contribution in [0.1, 0.15) is 60.9 Å². The van der Waals surface area contributed by atoms with Gasteiger partial charge in [0, 0.05) is 39.5 Å². The minimum absolute atomic E-state index is 0.127. The number of carboxylic acids is 1. The molecule has 1 amide bonds. The maximum Gasteiger partial charge on any atom is 0.339 e. The fourth-order valence-corrected chi connectivity index (χ4v) is 5.64. The van der Waals surface area contributed by atoms with Crippen molar-refractivity contribution in [2.45, 2.75) is 39.5 Å². The third kappa shape index (κ3) is 4.29. The summed E-state index contributed by atoms with van der Waals surface area (Å²) in [6, 6.07) is 7.27. The van der Waals surface area contributed by atoms with Gasteiger partial charge >= 0.3 is 5.97 Å². The number of carbonyl (C=O) groups excluding carboxylic acids is 1. The number of amides is 1. The molecule has 2 N–H and O–H groups in total. The number of aromatic carboxylic acids is 1. The number of nitro groups is 1. The molecule has 0 radical (unpaired) electrons. The summed E-state index contributed by atoms with van der Waals surface area (Å²) in [6.45, 7) is 3.78. The molecular formula is C23H22N4O5S. The van der Waals surface area contributed by atoms with Gasteiger partial charge in [-0.05, 0) is 57.2 Å². The van der Waals surface area contributed by atoms with Gasteiger partial charge in [0.25, 0.3) is 11.6 Å². The third-order valence-corrected chi connectivity index (χ3v) is 7.01. The SMILES string of the molecule is Cc1cc(C=NNC(=O)c2cccc([N+](=O)[O-])c2)c(C)n1-c1sc2c(c1C(=O)O)CCCC2. The summed E-state index contributed by atoms with van der Waals surface area (Å²) in [7, 11) is 0. The predicted molar refractivity (Wildman–Crippen MR) is 125 cm³/mol. The molecule has 0 aliphatic heterocycles. The molecule has 1 aromatic carbocycles. The Balaban J connectivity index is 1.60. The van der Waals surface area contributed by atoms with E-state index in [1.165, 1.54) is 41.8 Å². The van der Waals surface area contributed by atoms with Crippen LogP contribution in [-0.4, -0.2) is 32.7 Å². The van der Waals surface area contributed by atoms with Crippen LogP contribution in [0.3, 0.4) is 0 Å². The van der Waals surface area contributed by atoms with Gasteiger partial charge in [0.1, 0.15) is 5.00 Å². The molecule has 4 rings (SSSR count). The Hall–Kier alpha value is -3.79. The fraction of sp³-hybridized carbons (Fsp3) is 0.261. The number of nitrogens with zero attached hydrogens (tertiary/aromatic N) is 3. The van der Waals surface area contributed by atoms with E-state index in [0.717, 1.165) is 53.1 Å². The number of fused-ring (bicyclic) bond motifs is 1. The number of aryl methyl sites for hydroxylation is 2. The monoisotopic (exact) mass is 466 g/mol. The average molecular weight is 467 g/mol. The average Bonchev–Trinajstić information content (AvgIpc) is 3.30. The van der Waals surface area contributed by atoms with Crippen molar-refractivity contribution < 1.29 is 19.6 Å². The fourth-order valence-electron chi connectivity index (χ4n) is 4.15. The van der Waals surface area contributed by atoms with Gasteiger partial charge in [0.15, 0.2) is 0 Å². The molecule has 10 heteroatoms. The number of hydrogen-bond acceptors (Lipinski definition) is 6. The Morgan fingerprint density at radius 2 is 2.00 bits per heavy atom. The summed E-state index contributed by atoms with van der Waals surface area (Å²) in [5, 5.41) is 25.5. The summed E-state index contributed by atoms with van der Waals surface area (Å²) in [4.78, 5) is 35.9. The van der Waals surface area contributed by atoms with Gasteiger partial charge in [-0.3, -0.25) is 14.9 Å². The number of hydrogen-bond donors (Lipinski definition) is 2. The smallest absolute Gasteiger partial charge is 0.339 e. The zero-order valence-corrected chi connectivity index (χ0v) is 18.9. The highest BCUT2D eigenvalue weighted by atomic mass is 32.1. The van der Waals surface area contributed by atoms with E-state index >= 15 is 0 Å². The van der Waals surface area contributed by atoms with Crippen molar-refractivity contribution in [3.63, 3.8) is 0 Å². The van der Waals surface area contributed by atoms with Crippen molar-refractivity contribution in [2.75, 3.05) is 0 Å². The molecule has 1 aliphatic carbocycles. The molecule has 0 bridgehead atoms. The molecule has 0 saturated heterocycles. The van der Waals surface area contributed by atoms with Gasteiger partial charge in [0.2, 0.25) is 0 Å². The van der Waals surface area contributed by atoms with E-state index in [2.05, 4.69) is 10.5 Å². The number of carbonyl (C=O) groups is 2. The van der Waals surface area contributed by atoms with Crippen molar-refractivity contribution >= 4 is 35.1 Å². The number of carboxylic acid groups (broad SMARTS) is 1. The molecular weight excluding hydrogens is 444 g/mol. The number of non-ortho nitro benzene ring substituents is 1. The quantitative estimate of drug-likeness (QED) is 0.316. The van der Waals surface area contributed by atoms with Crippen LogP contribution in [-0.2, 0) is 12.8 Å². The van der Waals surface area contributed by atoms with Crippen molar-refractivity contribution in [3.05, 3.63) is 79.0 Å². The second-order valence-corrected chi connectivity index (χ2v) is 8.95. The van der Waals surface area contributed by atoms with Crippen LogP contribution in [0.2, 0.25) is 0 Å². The van der Waals surface area contributed by atoms with E-state index in [9.17, 15) is 24.8 Å². The molecule has 2 heterocycles. The second kappa shape index (κ2) is 8.99. The lowest BCUT2D eigenvalue weighted by Crippen LogP contribution is -2.17. The number of aromatic nitrogens is 1. The molecule has 3 aromatic rings. The van der Waals surface area contributed by atoms with E-state index in [1.807, 2.05) is 24.5 Å². The number of nitro benzene ring substituents is 1. The van der Waals surface area contributed by atoms with Crippen molar-refractivity contribution in [2.24, 2.45) is 5.10 Å². The topological polar surface area (TPSA) is 127 Å². The number of hydrazone groups is 1. The zero-order chi connectivity index (χ0) is 23.7. The maximum atomic E-state index is 12.3. The lowest BCUT2D eigenvalue weighted by atomic mass is 9.95. The van der Waals surface area contributed by atoms with Crippen molar-refractivity contribution in [3.8, 4) is 5.00 Å². The van der Waals surface area contributed by atoms with Crippen LogP contribution in [0, 0.1) is 24.0 Å². The molecule has 0 saturated carbocycles. The molecule has 33 heavy (non-hydrogen) atoms. The zero-order valence-electron chi connectivity index (χ0n) is 18.1. The molecule has 0 unspecified atom stereocenters. The first-order valence-electron chi connectivity index (χ1n) is 10.4. The van der Waals surface area contributed by atoms with Crippen molar-refractivity contribution in [1.82, 2.24) is 9.99 Å². The number of nitrogens with one attached hydrogen (secondary N) is 1. The summed E-state index contributed by atoms with van der Waals surface area (Å²) in [5.74, 6) is -1.49. The first kappa shape index (κ1) is 22.4. The van der Waals surface area contributed by atoms with E-state index < -0.39 is 16.8 Å². The second-order valence-electron chi connectivity index (χ2n) is 7.86. The molecule has 9 nitrogen and oxygen atoms in total. The van der Waals surface area contributed by atoms with Crippen LogP contribution >= 0.6 is 11.3 Å². The van der Waals surface area contributed by atoms with E-state index in [-0.39, 0.29) is 11.3 Å². The highest BCUT2D eigenvalue weighted by Crippen LogP contribution is 2.38. The Morgan fingerprint density at radius 1 is 1.24 bits per heavy atom. The van der Waals surface area contributed by atoms with Crippen LogP contribution in [0.5, 0.6) is 0 Å². The third-order valence-electron chi connectivity index (χ3n) is 5.73. The van der Waals surface area contributed by atoms with Crippen LogP contribution in [0.15, 0.2) is 35.4 Å². The minimum atomic E-state index is -0.920. The van der Waals surface area contributed by atoms with Crippen LogP contribution < -0.4 is 5.43 Å². The van der Waals surface area contributed by atoms with Crippen LogP contribution in [0.4, 0.5) is 5.69 Å². The summed E-state index contributed by atoms with van der Waals surface area (Å²) in [6.07, 6.45) is 5.23. The van der Waals surface area contributed by atoms with E-state index in [4.69, 9.17) is 0 Å². The highest BCUT2D eigenvalue weighted by molar-refractivity contribution is 7.15. The molecule has 0 fully saturated rings. The lowest BCUT2D eigenvalue weighted by molar-refractivity contribution is -0.384. The Bertz CT molecular complexity index is 1300. The van der Waals surface area contributed by atoms with Gasteiger partial charge in [0.05, 0.1) is 16.7 Å². The molecule has 0 atom stereocenters. The van der Waals surface area contributed by atoms with Crippen molar-refractivity contribution in [1.29, 1.82) is 0 Å². The van der Waals surface area contributed by atoms with E-state index in [1.54, 1.807) is 0 Å². The molecule has 2 aromatic heterocycles. The number of rotatable bonds is 6. The number of benzene rings is 1. The van der Waals surface area contributed by atoms with Gasteiger partial charge in [-0.25, -0.2) is 10.2 Å². The Kier molecular flexibility index (Phi) is 6.10. The van der Waals surface area contributed by atoms with Gasteiger partial charge in [-0.1, -0.05) is 6.07 Å². The Labute approximate surface area is 193 Å². The summed E-state index contributed by atoms with van der Waals surface area (Å²) < 4.78 is 1.93. The van der Waals surface area contributed by atoms with Gasteiger partial charge in [-0.2, -0.15) is 5.10 Å².